The van der Waals surface area contributed by atoms with Gasteiger partial charge in [0.1, 0.15) is 5.75 Å². The van der Waals surface area contributed by atoms with E-state index in [4.69, 9.17) is 4.74 Å². The molecule has 3 rings (SSSR count). The number of hydrogen-bond acceptors (Lipinski definition) is 3. The molecule has 0 saturated carbocycles. The number of nitrogens with zero attached hydrogens (tertiary/aromatic N) is 2. The smallest absolute Gasteiger partial charge is 0.271 e. The zero-order valence-corrected chi connectivity index (χ0v) is 13.7. The number of rotatable bonds is 7. The first kappa shape index (κ1) is 16.1. The summed E-state index contributed by atoms with van der Waals surface area (Å²) in [6.45, 7) is 2.85. The summed E-state index contributed by atoms with van der Waals surface area (Å²) in [5.74, 6) is 0.822. The number of aromatic nitrogens is 3. The van der Waals surface area contributed by atoms with Crippen LogP contribution in [-0.4, -0.2) is 21.4 Å². The largest absolute Gasteiger partial charge is 0.494 e. The van der Waals surface area contributed by atoms with E-state index < -0.39 is 0 Å². The Hall–Kier alpha value is -2.82. The molecule has 0 saturated heterocycles. The van der Waals surface area contributed by atoms with Gasteiger partial charge in [0, 0.05) is 30.6 Å². The van der Waals surface area contributed by atoms with Crippen molar-refractivity contribution in [3.63, 3.8) is 0 Å². The molecule has 0 aliphatic carbocycles. The molecule has 2 heterocycles. The molecule has 0 amide bonds. The van der Waals surface area contributed by atoms with Crippen molar-refractivity contribution in [1.82, 2.24) is 14.8 Å². The molecule has 3 aromatic rings. The van der Waals surface area contributed by atoms with Gasteiger partial charge >= 0.3 is 0 Å². The first-order chi connectivity index (χ1) is 11.8. The van der Waals surface area contributed by atoms with Gasteiger partial charge in [0.05, 0.1) is 12.3 Å². The summed E-state index contributed by atoms with van der Waals surface area (Å²) in [6.07, 6.45) is 6.33. The normalized spacial score (nSPS) is 10.7. The lowest BCUT2D eigenvalue weighted by molar-refractivity contribution is 0.309. The van der Waals surface area contributed by atoms with E-state index >= 15 is 0 Å². The van der Waals surface area contributed by atoms with Gasteiger partial charge in [0.25, 0.3) is 5.56 Å². The molecule has 24 heavy (non-hydrogen) atoms. The molecule has 0 unspecified atom stereocenters. The van der Waals surface area contributed by atoms with Crippen LogP contribution in [0.2, 0.25) is 0 Å². The highest BCUT2D eigenvalue weighted by Crippen LogP contribution is 2.15. The molecule has 0 fully saturated rings. The molecule has 0 radical (unpaired) electrons. The number of ether oxygens (including phenoxy) is 1. The lowest BCUT2D eigenvalue weighted by Crippen LogP contribution is -2.13. The number of aromatic amines is 1. The van der Waals surface area contributed by atoms with Crippen molar-refractivity contribution in [3.05, 3.63) is 76.5 Å². The minimum Gasteiger partial charge on any atom is -0.494 e. The maximum atomic E-state index is 12.2. The molecule has 5 heteroatoms. The molecule has 2 aromatic heterocycles. The van der Waals surface area contributed by atoms with Crippen molar-refractivity contribution in [2.75, 3.05) is 6.61 Å². The van der Waals surface area contributed by atoms with E-state index in [1.807, 2.05) is 36.4 Å². The van der Waals surface area contributed by atoms with Crippen LogP contribution in [0.25, 0.3) is 5.69 Å². The quantitative estimate of drug-likeness (QED) is 0.679. The van der Waals surface area contributed by atoms with Crippen molar-refractivity contribution < 1.29 is 4.74 Å². The minimum absolute atomic E-state index is 0.0754. The second-order valence-electron chi connectivity index (χ2n) is 5.69. The Bertz CT molecular complexity index is 820. The van der Waals surface area contributed by atoms with Crippen LogP contribution in [0.1, 0.15) is 31.0 Å². The zero-order valence-electron chi connectivity index (χ0n) is 13.7. The van der Waals surface area contributed by atoms with E-state index in [0.717, 1.165) is 35.5 Å². The summed E-state index contributed by atoms with van der Waals surface area (Å²) in [6, 6.07) is 13.0. The lowest BCUT2D eigenvalue weighted by Gasteiger charge is -2.07. The zero-order chi connectivity index (χ0) is 16.8. The molecule has 1 N–H and O–H groups in total. The number of unbranched alkanes of at least 4 members (excludes halogenated alkanes) is 1. The van der Waals surface area contributed by atoms with Gasteiger partial charge in [-0.3, -0.25) is 14.9 Å². The third-order valence-corrected chi connectivity index (χ3v) is 3.75. The topological polar surface area (TPSA) is 59.9 Å². The molecule has 124 valence electrons. The third-order valence-electron chi connectivity index (χ3n) is 3.75. The summed E-state index contributed by atoms with van der Waals surface area (Å²) in [5.41, 5.74) is 2.63. The van der Waals surface area contributed by atoms with Crippen molar-refractivity contribution in [2.45, 2.75) is 26.2 Å². The van der Waals surface area contributed by atoms with Crippen LogP contribution in [-0.2, 0) is 6.42 Å². The Morgan fingerprint density at radius 1 is 1.21 bits per heavy atom. The average Bonchev–Trinajstić information content (AvgIpc) is 2.97. The summed E-state index contributed by atoms with van der Waals surface area (Å²) in [4.78, 5) is 16.3. The van der Waals surface area contributed by atoms with Crippen LogP contribution in [0.15, 0.2) is 59.7 Å². The number of pyridine rings is 1. The minimum atomic E-state index is -0.0754. The summed E-state index contributed by atoms with van der Waals surface area (Å²) >= 11 is 0. The van der Waals surface area contributed by atoms with Gasteiger partial charge in [0.15, 0.2) is 0 Å². The fraction of sp³-hybridized carbons (Fsp3) is 0.263. The van der Waals surface area contributed by atoms with Crippen molar-refractivity contribution in [1.29, 1.82) is 0 Å². The van der Waals surface area contributed by atoms with Crippen molar-refractivity contribution in [3.8, 4) is 11.4 Å². The van der Waals surface area contributed by atoms with Crippen LogP contribution < -0.4 is 10.3 Å². The van der Waals surface area contributed by atoms with Gasteiger partial charge in [-0.2, -0.15) is 0 Å². The second-order valence-corrected chi connectivity index (χ2v) is 5.69. The first-order valence-electron chi connectivity index (χ1n) is 8.19. The molecule has 0 atom stereocenters. The van der Waals surface area contributed by atoms with Crippen LogP contribution >= 0.6 is 0 Å². The van der Waals surface area contributed by atoms with E-state index in [2.05, 4.69) is 17.0 Å². The molecule has 1 aromatic carbocycles. The van der Waals surface area contributed by atoms with Gasteiger partial charge in [-0.25, -0.2) is 4.68 Å². The van der Waals surface area contributed by atoms with Gasteiger partial charge < -0.3 is 4.74 Å². The highest BCUT2D eigenvalue weighted by Gasteiger charge is 2.06. The van der Waals surface area contributed by atoms with E-state index in [-0.39, 0.29) is 5.56 Å². The average molecular weight is 323 g/mol. The predicted molar refractivity (Wildman–Crippen MR) is 93.8 cm³/mol. The van der Waals surface area contributed by atoms with Crippen LogP contribution in [0.3, 0.4) is 0 Å². The fourth-order valence-corrected chi connectivity index (χ4v) is 2.48. The molecule has 5 nitrogen and oxygen atoms in total. The van der Waals surface area contributed by atoms with Crippen LogP contribution in [0.5, 0.6) is 5.75 Å². The predicted octanol–water partition coefficient (Wildman–Crippen LogP) is 3.33. The highest BCUT2D eigenvalue weighted by molar-refractivity contribution is 5.37. The third kappa shape index (κ3) is 3.93. The molecule has 0 aliphatic heterocycles. The van der Waals surface area contributed by atoms with Crippen LogP contribution in [0, 0.1) is 0 Å². The molecular weight excluding hydrogens is 302 g/mol. The number of nitrogens with one attached hydrogen (secondary N) is 1. The monoisotopic (exact) mass is 323 g/mol. The molecule has 0 bridgehead atoms. The van der Waals surface area contributed by atoms with Gasteiger partial charge in [0.2, 0.25) is 0 Å². The maximum Gasteiger partial charge on any atom is 0.271 e. The summed E-state index contributed by atoms with van der Waals surface area (Å²) < 4.78 is 7.19. The van der Waals surface area contributed by atoms with Crippen LogP contribution in [0.4, 0.5) is 0 Å². The van der Waals surface area contributed by atoms with Crippen molar-refractivity contribution in [2.24, 2.45) is 0 Å². The van der Waals surface area contributed by atoms with E-state index in [1.165, 1.54) is 0 Å². The standard InChI is InChI=1S/C19H21N3O2/c1-2-3-11-24-18-8-6-17(7-9-18)22-19(23)13-16(21-22)12-15-5-4-10-20-14-15/h4-10,13-14,21H,2-3,11-12H2,1H3. The lowest BCUT2D eigenvalue weighted by atomic mass is 10.2. The summed E-state index contributed by atoms with van der Waals surface area (Å²) in [5, 5.41) is 3.15. The molecular formula is C19H21N3O2. The van der Waals surface area contributed by atoms with E-state index in [9.17, 15) is 4.79 Å². The van der Waals surface area contributed by atoms with Crippen molar-refractivity contribution >= 4 is 0 Å². The Balaban J connectivity index is 1.74. The molecule has 0 spiro atoms. The van der Waals surface area contributed by atoms with Gasteiger partial charge in [-0.15, -0.1) is 0 Å². The second kappa shape index (κ2) is 7.64. The number of benzene rings is 1. The number of hydrogen-bond donors (Lipinski definition) is 1. The Morgan fingerprint density at radius 2 is 2.04 bits per heavy atom. The van der Waals surface area contributed by atoms with E-state index in [1.54, 1.807) is 23.1 Å². The summed E-state index contributed by atoms with van der Waals surface area (Å²) in [7, 11) is 0. The Morgan fingerprint density at radius 3 is 2.75 bits per heavy atom. The SMILES string of the molecule is CCCCOc1ccc(-n2[nH]c(Cc3cccnc3)cc2=O)cc1. The fourth-order valence-electron chi connectivity index (χ4n) is 2.48. The molecule has 0 aliphatic rings. The van der Waals surface area contributed by atoms with Gasteiger partial charge in [-0.1, -0.05) is 19.4 Å². The van der Waals surface area contributed by atoms with E-state index in [0.29, 0.717) is 13.0 Å². The number of H-pyrrole nitrogens is 1. The first-order valence-corrected chi connectivity index (χ1v) is 8.19. The Labute approximate surface area is 140 Å². The highest BCUT2D eigenvalue weighted by atomic mass is 16.5. The maximum absolute atomic E-state index is 12.2. The van der Waals surface area contributed by atoms with Gasteiger partial charge in [-0.05, 0) is 42.3 Å². The Kier molecular flexibility index (Phi) is 5.11.